The molecule has 158 valence electrons. The number of furan rings is 1. The van der Waals surface area contributed by atoms with Crippen LogP contribution in [0.1, 0.15) is 46.2 Å². The van der Waals surface area contributed by atoms with Crippen molar-refractivity contribution in [3.05, 3.63) is 70.4 Å². The fourth-order valence-electron chi connectivity index (χ4n) is 3.00. The average Bonchev–Trinajstić information content (AvgIpc) is 3.36. The number of aromatic nitrogens is 2. The highest BCUT2D eigenvalue weighted by molar-refractivity contribution is 6.30. The first kappa shape index (κ1) is 21.6. The Hall–Kier alpha value is -3.10. The normalized spacial score (nSPS) is 11.0. The number of hydrazine groups is 1. The van der Waals surface area contributed by atoms with Crippen LogP contribution in [0.5, 0.6) is 0 Å². The lowest BCUT2D eigenvalue weighted by Gasteiger charge is -2.15. The highest BCUT2D eigenvalue weighted by atomic mass is 35.5. The van der Waals surface area contributed by atoms with Crippen molar-refractivity contribution in [2.24, 2.45) is 0 Å². The van der Waals surface area contributed by atoms with E-state index < -0.39 is 11.8 Å². The summed E-state index contributed by atoms with van der Waals surface area (Å²) in [6, 6.07) is 10.5. The molecule has 0 unspecified atom stereocenters. The standard InChI is InChI=1S/C21H24ClN5O3/c1-4-26(5-2)13-17-9-10-19(30-17)21(29)25-24-20(28)18-12-23-27(14(18)3)16-8-6-7-15(22)11-16/h6-12H,4-5,13H2,1-3H3,(H,24,28)(H,25,29). The Bertz CT molecular complexity index is 1040. The Morgan fingerprint density at radius 2 is 1.87 bits per heavy atom. The molecule has 0 bridgehead atoms. The van der Waals surface area contributed by atoms with Gasteiger partial charge in [0.05, 0.1) is 29.7 Å². The molecule has 30 heavy (non-hydrogen) atoms. The predicted octanol–water partition coefficient (Wildman–Crippen LogP) is 3.34. The number of nitrogens with zero attached hydrogens (tertiary/aromatic N) is 3. The first-order valence-electron chi connectivity index (χ1n) is 9.65. The topological polar surface area (TPSA) is 92.4 Å². The maximum atomic E-state index is 12.5. The molecule has 0 saturated heterocycles. The minimum atomic E-state index is -0.533. The summed E-state index contributed by atoms with van der Waals surface area (Å²) >= 11 is 6.03. The lowest BCUT2D eigenvalue weighted by atomic mass is 10.2. The van der Waals surface area contributed by atoms with Crippen molar-refractivity contribution in [3.63, 3.8) is 0 Å². The molecule has 0 saturated carbocycles. The van der Waals surface area contributed by atoms with Crippen molar-refractivity contribution < 1.29 is 14.0 Å². The van der Waals surface area contributed by atoms with Gasteiger partial charge in [-0.25, -0.2) is 4.68 Å². The van der Waals surface area contributed by atoms with Crippen LogP contribution in [0.3, 0.4) is 0 Å². The third-order valence-electron chi connectivity index (χ3n) is 4.76. The number of carbonyl (C=O) groups excluding carboxylic acids is 2. The summed E-state index contributed by atoms with van der Waals surface area (Å²) in [5.74, 6) is -0.198. The number of hydrogen-bond donors (Lipinski definition) is 2. The Balaban J connectivity index is 1.62. The van der Waals surface area contributed by atoms with Gasteiger partial charge < -0.3 is 4.42 Å². The maximum absolute atomic E-state index is 12.5. The zero-order chi connectivity index (χ0) is 21.7. The van der Waals surface area contributed by atoms with Crippen LogP contribution in [-0.4, -0.2) is 39.6 Å². The number of hydrogen-bond acceptors (Lipinski definition) is 5. The van der Waals surface area contributed by atoms with E-state index in [0.29, 0.717) is 28.6 Å². The van der Waals surface area contributed by atoms with Crippen LogP contribution < -0.4 is 10.9 Å². The molecule has 1 aromatic carbocycles. The number of halogens is 1. The van der Waals surface area contributed by atoms with Crippen molar-refractivity contribution in [2.45, 2.75) is 27.3 Å². The molecular formula is C21H24ClN5O3. The van der Waals surface area contributed by atoms with Crippen LogP contribution in [0.4, 0.5) is 0 Å². The van der Waals surface area contributed by atoms with E-state index in [1.54, 1.807) is 41.9 Å². The van der Waals surface area contributed by atoms with Crippen LogP contribution in [0.2, 0.25) is 5.02 Å². The van der Waals surface area contributed by atoms with E-state index in [9.17, 15) is 9.59 Å². The maximum Gasteiger partial charge on any atom is 0.305 e. The van der Waals surface area contributed by atoms with Crippen molar-refractivity contribution in [3.8, 4) is 5.69 Å². The molecule has 2 aromatic heterocycles. The molecule has 2 amide bonds. The average molecular weight is 430 g/mol. The second-order valence-electron chi connectivity index (χ2n) is 6.67. The van der Waals surface area contributed by atoms with Gasteiger partial charge in [0.2, 0.25) is 0 Å². The summed E-state index contributed by atoms with van der Waals surface area (Å²) in [5, 5.41) is 4.81. The van der Waals surface area contributed by atoms with Gasteiger partial charge in [0.25, 0.3) is 5.91 Å². The molecule has 2 N–H and O–H groups in total. The van der Waals surface area contributed by atoms with Gasteiger partial charge in [-0.3, -0.25) is 25.3 Å². The van der Waals surface area contributed by atoms with Crippen LogP contribution >= 0.6 is 11.6 Å². The van der Waals surface area contributed by atoms with Gasteiger partial charge in [0, 0.05) is 5.02 Å². The van der Waals surface area contributed by atoms with Crippen LogP contribution in [0.15, 0.2) is 47.0 Å². The molecule has 9 heteroatoms. The number of nitrogens with one attached hydrogen (secondary N) is 2. The van der Waals surface area contributed by atoms with Gasteiger partial charge >= 0.3 is 5.91 Å². The van der Waals surface area contributed by atoms with Crippen molar-refractivity contribution in [1.29, 1.82) is 0 Å². The van der Waals surface area contributed by atoms with Crippen molar-refractivity contribution >= 4 is 23.4 Å². The number of rotatable bonds is 7. The first-order valence-corrected chi connectivity index (χ1v) is 10.0. The molecule has 3 aromatic rings. The third-order valence-corrected chi connectivity index (χ3v) is 4.99. The van der Waals surface area contributed by atoms with E-state index >= 15 is 0 Å². The summed E-state index contributed by atoms with van der Waals surface area (Å²) in [5.41, 5.74) is 6.45. The number of benzene rings is 1. The van der Waals surface area contributed by atoms with Crippen LogP contribution in [-0.2, 0) is 6.54 Å². The summed E-state index contributed by atoms with van der Waals surface area (Å²) in [7, 11) is 0. The largest absolute Gasteiger partial charge is 0.454 e. The molecule has 0 aliphatic carbocycles. The molecule has 0 spiro atoms. The third kappa shape index (κ3) is 4.90. The Kier molecular flexibility index (Phi) is 6.91. The fourth-order valence-corrected chi connectivity index (χ4v) is 3.18. The van der Waals surface area contributed by atoms with E-state index in [0.717, 1.165) is 18.8 Å². The van der Waals surface area contributed by atoms with Gasteiger partial charge in [0.15, 0.2) is 5.76 Å². The summed E-state index contributed by atoms with van der Waals surface area (Å²) in [4.78, 5) is 27.0. The second kappa shape index (κ2) is 9.60. The SMILES string of the molecule is CCN(CC)Cc1ccc(C(=O)NNC(=O)c2cnn(-c3cccc(Cl)c3)c2C)o1. The van der Waals surface area contributed by atoms with E-state index in [1.165, 1.54) is 6.20 Å². The van der Waals surface area contributed by atoms with E-state index in [2.05, 4.69) is 34.7 Å². The molecule has 0 radical (unpaired) electrons. The lowest BCUT2D eigenvalue weighted by molar-refractivity contribution is 0.0828. The molecule has 8 nitrogen and oxygen atoms in total. The molecule has 0 aliphatic rings. The van der Waals surface area contributed by atoms with E-state index in [1.807, 2.05) is 6.07 Å². The highest BCUT2D eigenvalue weighted by Crippen LogP contribution is 2.18. The van der Waals surface area contributed by atoms with Crippen molar-refractivity contribution in [2.75, 3.05) is 13.1 Å². The number of amides is 2. The highest BCUT2D eigenvalue weighted by Gasteiger charge is 2.18. The molecule has 0 aliphatic heterocycles. The summed E-state index contributed by atoms with van der Waals surface area (Å²) < 4.78 is 7.19. The Labute approximate surface area is 179 Å². The quantitative estimate of drug-likeness (QED) is 0.562. The molecular weight excluding hydrogens is 406 g/mol. The molecule has 3 rings (SSSR count). The van der Waals surface area contributed by atoms with Crippen molar-refractivity contribution in [1.82, 2.24) is 25.5 Å². The fraction of sp³-hybridized carbons (Fsp3) is 0.286. The molecule has 2 heterocycles. The van der Waals surface area contributed by atoms with Gasteiger partial charge in [-0.05, 0) is 50.3 Å². The predicted molar refractivity (Wildman–Crippen MR) is 114 cm³/mol. The second-order valence-corrected chi connectivity index (χ2v) is 7.11. The first-order chi connectivity index (χ1) is 14.4. The van der Waals surface area contributed by atoms with E-state index in [-0.39, 0.29) is 5.76 Å². The van der Waals surface area contributed by atoms with Crippen LogP contribution in [0.25, 0.3) is 5.69 Å². The summed E-state index contributed by atoms with van der Waals surface area (Å²) in [6.45, 7) is 8.28. The minimum Gasteiger partial charge on any atom is -0.454 e. The smallest absolute Gasteiger partial charge is 0.305 e. The zero-order valence-electron chi connectivity index (χ0n) is 17.1. The van der Waals surface area contributed by atoms with Gasteiger partial charge in [-0.1, -0.05) is 31.5 Å². The van der Waals surface area contributed by atoms with Gasteiger partial charge in [-0.2, -0.15) is 5.10 Å². The van der Waals surface area contributed by atoms with Gasteiger partial charge in [-0.15, -0.1) is 0 Å². The van der Waals surface area contributed by atoms with Crippen LogP contribution in [0, 0.1) is 6.92 Å². The molecule has 0 fully saturated rings. The Morgan fingerprint density at radius 1 is 1.13 bits per heavy atom. The number of carbonyl (C=O) groups is 2. The zero-order valence-corrected chi connectivity index (χ0v) is 17.9. The van der Waals surface area contributed by atoms with E-state index in [4.69, 9.17) is 16.0 Å². The monoisotopic (exact) mass is 429 g/mol. The molecule has 0 atom stereocenters. The summed E-state index contributed by atoms with van der Waals surface area (Å²) in [6.07, 6.45) is 1.44. The van der Waals surface area contributed by atoms with Gasteiger partial charge in [0.1, 0.15) is 5.76 Å². The lowest BCUT2D eigenvalue weighted by Crippen LogP contribution is -2.41. The Morgan fingerprint density at radius 3 is 2.57 bits per heavy atom. The minimum absolute atomic E-state index is 0.129.